The second-order valence-corrected chi connectivity index (χ2v) is 9.38. The normalized spacial score (nSPS) is 25.5. The number of aliphatic hydroxyl groups is 1. The Kier molecular flexibility index (Phi) is 5.12. The van der Waals surface area contributed by atoms with E-state index in [1.54, 1.807) is 0 Å². The van der Waals surface area contributed by atoms with Gasteiger partial charge in [0, 0.05) is 24.8 Å². The first-order chi connectivity index (χ1) is 14.6. The molecule has 0 bridgehead atoms. The van der Waals surface area contributed by atoms with Gasteiger partial charge in [0.1, 0.15) is 0 Å². The number of fused-ring (bicyclic) bond motifs is 1. The minimum Gasteiger partial charge on any atom is -0.390 e. The second kappa shape index (κ2) is 7.92. The molecule has 1 N–H and O–H groups in total. The molecule has 3 aromatic rings. The van der Waals surface area contributed by atoms with E-state index in [0.29, 0.717) is 11.8 Å². The summed E-state index contributed by atoms with van der Waals surface area (Å²) >= 11 is 0. The minimum absolute atomic E-state index is 0.496. The molecule has 2 fully saturated rings. The van der Waals surface area contributed by atoms with Crippen LogP contribution in [-0.4, -0.2) is 23.8 Å². The predicted molar refractivity (Wildman–Crippen MR) is 124 cm³/mol. The van der Waals surface area contributed by atoms with Crippen LogP contribution in [0.1, 0.15) is 30.4 Å². The molecular weight excluding hydrogens is 366 g/mol. The van der Waals surface area contributed by atoms with Gasteiger partial charge in [-0.25, -0.2) is 0 Å². The van der Waals surface area contributed by atoms with E-state index in [9.17, 15) is 5.11 Å². The lowest BCUT2D eigenvalue weighted by Crippen LogP contribution is -2.30. The fourth-order valence-corrected chi connectivity index (χ4v) is 5.52. The smallest absolute Gasteiger partial charge is 0.0657 e. The maximum atomic E-state index is 11.2. The van der Waals surface area contributed by atoms with Crippen LogP contribution in [0.5, 0.6) is 0 Å². The van der Waals surface area contributed by atoms with E-state index in [1.807, 2.05) is 0 Å². The summed E-state index contributed by atoms with van der Waals surface area (Å²) < 4.78 is 0. The Labute approximate surface area is 180 Å². The SMILES string of the molecule is Cc1cccc(-c2cc[c]c(N3CC4CC(O)(CCc5ccccc5)CC4C3)c2)c1. The van der Waals surface area contributed by atoms with Gasteiger partial charge in [0.05, 0.1) is 5.60 Å². The molecule has 3 aromatic carbocycles. The summed E-state index contributed by atoms with van der Waals surface area (Å²) in [7, 11) is 0. The van der Waals surface area contributed by atoms with Gasteiger partial charge >= 0.3 is 0 Å². The van der Waals surface area contributed by atoms with Crippen LogP contribution in [0.2, 0.25) is 0 Å². The van der Waals surface area contributed by atoms with Crippen LogP contribution in [0, 0.1) is 24.8 Å². The van der Waals surface area contributed by atoms with Crippen LogP contribution >= 0.6 is 0 Å². The molecule has 2 unspecified atom stereocenters. The number of rotatable bonds is 5. The van der Waals surface area contributed by atoms with Crippen LogP contribution < -0.4 is 4.90 Å². The highest BCUT2D eigenvalue weighted by molar-refractivity contribution is 5.69. The molecule has 0 spiro atoms. The van der Waals surface area contributed by atoms with Crippen molar-refractivity contribution < 1.29 is 5.11 Å². The lowest BCUT2D eigenvalue weighted by atomic mass is 9.91. The van der Waals surface area contributed by atoms with Gasteiger partial charge in [-0.15, -0.1) is 0 Å². The van der Waals surface area contributed by atoms with Gasteiger partial charge in [-0.2, -0.15) is 0 Å². The summed E-state index contributed by atoms with van der Waals surface area (Å²) in [5.41, 5.74) is 5.82. The number of benzene rings is 3. The van der Waals surface area contributed by atoms with Gasteiger partial charge < -0.3 is 10.0 Å². The zero-order valence-corrected chi connectivity index (χ0v) is 17.7. The standard InChI is InChI=1S/C28H30NO/c1-21-7-5-10-23(15-21)24-11-6-12-27(16-24)29-19-25-17-28(30,18-26(25)20-29)14-13-22-8-3-2-4-9-22/h2-11,15-16,25-26,30H,13-14,17-20H2,1H3. The molecule has 2 heteroatoms. The Morgan fingerprint density at radius 3 is 2.40 bits per heavy atom. The van der Waals surface area contributed by atoms with E-state index in [1.165, 1.54) is 27.9 Å². The molecule has 2 nitrogen and oxygen atoms in total. The maximum Gasteiger partial charge on any atom is 0.0657 e. The molecule has 2 aliphatic rings. The van der Waals surface area contributed by atoms with Crippen LogP contribution in [0.3, 0.4) is 0 Å². The predicted octanol–water partition coefficient (Wildman–Crippen LogP) is 5.67. The molecule has 1 saturated heterocycles. The molecule has 1 heterocycles. The van der Waals surface area contributed by atoms with Crippen LogP contribution in [0.25, 0.3) is 11.1 Å². The van der Waals surface area contributed by atoms with Gasteiger partial charge in [-0.1, -0.05) is 72.3 Å². The molecule has 2 atom stereocenters. The van der Waals surface area contributed by atoms with Crippen molar-refractivity contribution in [3.8, 4) is 11.1 Å². The third-order valence-corrected chi connectivity index (χ3v) is 7.06. The van der Waals surface area contributed by atoms with Gasteiger partial charge in [0.2, 0.25) is 0 Å². The van der Waals surface area contributed by atoms with E-state index in [0.717, 1.165) is 38.8 Å². The van der Waals surface area contributed by atoms with E-state index in [4.69, 9.17) is 0 Å². The van der Waals surface area contributed by atoms with Gasteiger partial charge in [-0.05, 0) is 67.2 Å². The fraction of sp³-hybridized carbons (Fsp3) is 0.357. The number of aryl methyl sites for hydroxylation is 2. The maximum absolute atomic E-state index is 11.2. The van der Waals surface area contributed by atoms with Crippen LogP contribution in [0.4, 0.5) is 5.69 Å². The van der Waals surface area contributed by atoms with Crippen molar-refractivity contribution in [3.05, 3.63) is 90.0 Å². The Bertz CT molecular complexity index is 998. The highest BCUT2D eigenvalue weighted by Crippen LogP contribution is 2.47. The molecule has 0 aromatic heterocycles. The largest absolute Gasteiger partial charge is 0.390 e. The number of anilines is 1. The zero-order valence-electron chi connectivity index (χ0n) is 17.7. The fourth-order valence-electron chi connectivity index (χ4n) is 5.52. The van der Waals surface area contributed by atoms with E-state index in [-0.39, 0.29) is 0 Å². The highest BCUT2D eigenvalue weighted by atomic mass is 16.3. The van der Waals surface area contributed by atoms with Gasteiger partial charge in [0.25, 0.3) is 0 Å². The second-order valence-electron chi connectivity index (χ2n) is 9.38. The van der Waals surface area contributed by atoms with Crippen molar-refractivity contribution in [2.75, 3.05) is 18.0 Å². The average Bonchev–Trinajstić information content (AvgIpc) is 3.29. The first-order valence-corrected chi connectivity index (χ1v) is 11.2. The molecule has 0 amide bonds. The average molecular weight is 397 g/mol. The number of nitrogens with zero attached hydrogens (tertiary/aromatic N) is 1. The summed E-state index contributed by atoms with van der Waals surface area (Å²) in [5.74, 6) is 1.17. The summed E-state index contributed by atoms with van der Waals surface area (Å²) in [6, 6.07) is 29.2. The van der Waals surface area contributed by atoms with Crippen molar-refractivity contribution in [3.63, 3.8) is 0 Å². The molecule has 1 aliphatic heterocycles. The van der Waals surface area contributed by atoms with Crippen LogP contribution in [0.15, 0.2) is 72.8 Å². The van der Waals surface area contributed by atoms with Crippen molar-refractivity contribution >= 4 is 5.69 Å². The van der Waals surface area contributed by atoms with E-state index in [2.05, 4.69) is 90.7 Å². The number of hydrogen-bond acceptors (Lipinski definition) is 2. The third-order valence-electron chi connectivity index (χ3n) is 7.06. The number of hydrogen-bond donors (Lipinski definition) is 1. The first kappa shape index (κ1) is 19.4. The first-order valence-electron chi connectivity index (χ1n) is 11.2. The molecule has 1 radical (unpaired) electrons. The third kappa shape index (κ3) is 4.02. The quantitative estimate of drug-likeness (QED) is 0.600. The topological polar surface area (TPSA) is 23.5 Å². The highest BCUT2D eigenvalue weighted by Gasteiger charge is 2.47. The summed E-state index contributed by atoms with van der Waals surface area (Å²) in [5, 5.41) is 11.2. The molecule has 1 aliphatic carbocycles. The Hall–Kier alpha value is -2.58. The Balaban J connectivity index is 1.24. The van der Waals surface area contributed by atoms with E-state index < -0.39 is 5.60 Å². The lowest BCUT2D eigenvalue weighted by molar-refractivity contribution is 0.0317. The van der Waals surface area contributed by atoms with Crippen molar-refractivity contribution in [2.45, 2.75) is 38.2 Å². The lowest BCUT2D eigenvalue weighted by Gasteiger charge is -2.27. The Morgan fingerprint density at radius 2 is 1.67 bits per heavy atom. The minimum atomic E-state index is -0.496. The zero-order chi connectivity index (χ0) is 20.6. The summed E-state index contributed by atoms with van der Waals surface area (Å²) in [4.78, 5) is 2.48. The van der Waals surface area contributed by atoms with E-state index >= 15 is 0 Å². The summed E-state index contributed by atoms with van der Waals surface area (Å²) in [6.45, 7) is 4.21. The summed E-state index contributed by atoms with van der Waals surface area (Å²) in [6.07, 6.45) is 3.70. The van der Waals surface area contributed by atoms with Crippen molar-refractivity contribution in [2.24, 2.45) is 11.8 Å². The molecule has 5 rings (SSSR count). The molecule has 30 heavy (non-hydrogen) atoms. The molecular formula is C28H30NO. The molecule has 153 valence electrons. The van der Waals surface area contributed by atoms with Gasteiger partial charge in [0.15, 0.2) is 0 Å². The Morgan fingerprint density at radius 1 is 0.933 bits per heavy atom. The van der Waals surface area contributed by atoms with Crippen molar-refractivity contribution in [1.82, 2.24) is 0 Å². The monoisotopic (exact) mass is 396 g/mol. The molecule has 1 saturated carbocycles. The van der Waals surface area contributed by atoms with Crippen LogP contribution in [-0.2, 0) is 6.42 Å². The van der Waals surface area contributed by atoms with Gasteiger partial charge in [-0.3, -0.25) is 0 Å². The van der Waals surface area contributed by atoms with Crippen molar-refractivity contribution in [1.29, 1.82) is 0 Å².